The highest BCUT2D eigenvalue weighted by Crippen LogP contribution is 2.28. The summed E-state index contributed by atoms with van der Waals surface area (Å²) in [5.41, 5.74) is 0.127. The summed E-state index contributed by atoms with van der Waals surface area (Å²) in [7, 11) is 0. The minimum Gasteiger partial charge on any atom is -0.478 e. The van der Waals surface area contributed by atoms with Crippen LogP contribution in [0.1, 0.15) is 23.2 Å². The van der Waals surface area contributed by atoms with Crippen molar-refractivity contribution < 1.29 is 14.6 Å². The lowest BCUT2D eigenvalue weighted by Gasteiger charge is -2.07. The van der Waals surface area contributed by atoms with Crippen LogP contribution < -0.4 is 5.32 Å². The molecule has 1 saturated carbocycles. The molecule has 6 nitrogen and oxygen atoms in total. The van der Waals surface area contributed by atoms with E-state index in [0.717, 1.165) is 12.5 Å². The summed E-state index contributed by atoms with van der Waals surface area (Å²) in [4.78, 5) is 10.9. The van der Waals surface area contributed by atoms with Crippen molar-refractivity contribution >= 4 is 11.8 Å². The number of hydrogen-bond acceptors (Lipinski definition) is 5. The van der Waals surface area contributed by atoms with E-state index in [0.29, 0.717) is 13.2 Å². The molecule has 0 aliphatic heterocycles. The van der Waals surface area contributed by atoms with Crippen LogP contribution in [0, 0.1) is 5.92 Å². The van der Waals surface area contributed by atoms with E-state index in [9.17, 15) is 4.79 Å². The summed E-state index contributed by atoms with van der Waals surface area (Å²) in [6.45, 7) is 1.88. The van der Waals surface area contributed by atoms with Gasteiger partial charge in [0.1, 0.15) is 5.56 Å². The third kappa shape index (κ3) is 3.67. The monoisotopic (exact) mass is 237 g/mol. The van der Waals surface area contributed by atoms with Crippen molar-refractivity contribution in [1.82, 2.24) is 10.2 Å². The number of nitrogens with one attached hydrogen (secondary N) is 1. The fraction of sp³-hybridized carbons (Fsp3) is 0.545. The van der Waals surface area contributed by atoms with E-state index in [1.807, 2.05) is 0 Å². The van der Waals surface area contributed by atoms with Crippen LogP contribution in [0.3, 0.4) is 0 Å². The number of nitrogens with zero attached hydrogens (tertiary/aromatic N) is 2. The first-order valence-electron chi connectivity index (χ1n) is 5.64. The molecular formula is C11H15N3O3. The zero-order valence-corrected chi connectivity index (χ0v) is 9.43. The number of rotatable bonds is 7. The van der Waals surface area contributed by atoms with Gasteiger partial charge in [-0.3, -0.25) is 0 Å². The van der Waals surface area contributed by atoms with Crippen molar-refractivity contribution in [2.75, 3.05) is 25.1 Å². The van der Waals surface area contributed by atoms with Gasteiger partial charge in [-0.1, -0.05) is 0 Å². The Morgan fingerprint density at radius 3 is 3.12 bits per heavy atom. The normalized spacial score (nSPS) is 14.6. The first-order valence-corrected chi connectivity index (χ1v) is 5.64. The highest BCUT2D eigenvalue weighted by atomic mass is 16.5. The number of anilines is 1. The Labute approximate surface area is 99.0 Å². The third-order valence-corrected chi connectivity index (χ3v) is 2.54. The number of hydrogen-bond donors (Lipinski definition) is 2. The zero-order chi connectivity index (χ0) is 12.1. The quantitative estimate of drug-likeness (QED) is 0.688. The highest BCUT2D eigenvalue weighted by Gasteiger charge is 2.20. The Hall–Kier alpha value is -1.69. The minimum absolute atomic E-state index is 0.127. The molecule has 2 rings (SSSR count). The largest absolute Gasteiger partial charge is 0.478 e. The summed E-state index contributed by atoms with van der Waals surface area (Å²) in [6, 6.07) is 1.42. The van der Waals surface area contributed by atoms with Crippen LogP contribution >= 0.6 is 0 Å². The second kappa shape index (κ2) is 5.58. The fourth-order valence-corrected chi connectivity index (χ4v) is 1.41. The van der Waals surface area contributed by atoms with Gasteiger partial charge in [0.2, 0.25) is 0 Å². The summed E-state index contributed by atoms with van der Waals surface area (Å²) >= 11 is 0. The van der Waals surface area contributed by atoms with Crippen LogP contribution in [-0.2, 0) is 4.74 Å². The first-order chi connectivity index (χ1) is 8.27. The molecule has 0 radical (unpaired) electrons. The molecule has 1 fully saturated rings. The second-order valence-electron chi connectivity index (χ2n) is 4.04. The maximum absolute atomic E-state index is 10.9. The van der Waals surface area contributed by atoms with Gasteiger partial charge >= 0.3 is 5.97 Å². The van der Waals surface area contributed by atoms with Crippen LogP contribution in [0.15, 0.2) is 12.3 Å². The van der Waals surface area contributed by atoms with Crippen molar-refractivity contribution in [1.29, 1.82) is 0 Å². The lowest BCUT2D eigenvalue weighted by Crippen LogP contribution is -2.14. The number of aromatic carboxylic acids is 1. The van der Waals surface area contributed by atoms with Crippen LogP contribution in [-0.4, -0.2) is 41.0 Å². The van der Waals surface area contributed by atoms with Gasteiger partial charge in [0.15, 0.2) is 5.82 Å². The van der Waals surface area contributed by atoms with E-state index < -0.39 is 5.97 Å². The van der Waals surface area contributed by atoms with E-state index in [2.05, 4.69) is 15.5 Å². The van der Waals surface area contributed by atoms with E-state index in [1.165, 1.54) is 25.1 Å². The smallest absolute Gasteiger partial charge is 0.339 e. The SMILES string of the molecule is O=C(O)c1ccnnc1NCCOCC1CC1. The van der Waals surface area contributed by atoms with Gasteiger partial charge in [0.25, 0.3) is 0 Å². The molecule has 0 bridgehead atoms. The molecule has 1 aromatic rings. The van der Waals surface area contributed by atoms with E-state index >= 15 is 0 Å². The Kier molecular flexibility index (Phi) is 3.87. The molecule has 0 unspecified atom stereocenters. The Morgan fingerprint density at radius 1 is 1.59 bits per heavy atom. The number of aromatic nitrogens is 2. The van der Waals surface area contributed by atoms with E-state index in [1.54, 1.807) is 0 Å². The number of carboxylic acids is 1. The van der Waals surface area contributed by atoms with Crippen molar-refractivity contribution in [3.05, 3.63) is 17.8 Å². The first kappa shape index (κ1) is 11.8. The molecule has 0 atom stereocenters. The molecule has 0 aromatic carbocycles. The summed E-state index contributed by atoms with van der Waals surface area (Å²) < 4.78 is 5.42. The van der Waals surface area contributed by atoms with Gasteiger partial charge in [-0.05, 0) is 24.8 Å². The molecule has 17 heavy (non-hydrogen) atoms. The lowest BCUT2D eigenvalue weighted by atomic mass is 10.3. The summed E-state index contributed by atoms with van der Waals surface area (Å²) in [5, 5.41) is 19.2. The van der Waals surface area contributed by atoms with E-state index in [-0.39, 0.29) is 11.4 Å². The standard InChI is InChI=1S/C11H15N3O3/c15-11(16)9-3-4-13-14-10(9)12-5-6-17-7-8-1-2-8/h3-4,8H,1-2,5-7H2,(H,12,14)(H,15,16). The van der Waals surface area contributed by atoms with Crippen molar-refractivity contribution in [3.63, 3.8) is 0 Å². The average molecular weight is 237 g/mol. The molecular weight excluding hydrogens is 222 g/mol. The maximum atomic E-state index is 10.9. The molecule has 1 heterocycles. The van der Waals surface area contributed by atoms with Gasteiger partial charge in [-0.25, -0.2) is 4.79 Å². The Bertz CT molecular complexity index is 393. The maximum Gasteiger partial charge on any atom is 0.339 e. The van der Waals surface area contributed by atoms with Crippen LogP contribution in [0.25, 0.3) is 0 Å². The zero-order valence-electron chi connectivity index (χ0n) is 9.43. The van der Waals surface area contributed by atoms with Gasteiger partial charge < -0.3 is 15.2 Å². The van der Waals surface area contributed by atoms with Crippen molar-refractivity contribution in [3.8, 4) is 0 Å². The third-order valence-electron chi connectivity index (χ3n) is 2.54. The highest BCUT2D eigenvalue weighted by molar-refractivity contribution is 5.92. The van der Waals surface area contributed by atoms with Crippen LogP contribution in [0.5, 0.6) is 0 Å². The molecule has 6 heteroatoms. The molecule has 0 saturated heterocycles. The van der Waals surface area contributed by atoms with Crippen molar-refractivity contribution in [2.24, 2.45) is 5.92 Å². The number of ether oxygens (including phenoxy) is 1. The number of carboxylic acid groups (broad SMARTS) is 1. The summed E-state index contributed by atoms with van der Waals surface area (Å²) in [6.07, 6.45) is 3.89. The van der Waals surface area contributed by atoms with Crippen molar-refractivity contribution in [2.45, 2.75) is 12.8 Å². The van der Waals surface area contributed by atoms with Gasteiger partial charge in [-0.15, -0.1) is 5.10 Å². The predicted molar refractivity (Wildman–Crippen MR) is 61.0 cm³/mol. The van der Waals surface area contributed by atoms with Crippen LogP contribution in [0.2, 0.25) is 0 Å². The number of carbonyl (C=O) groups is 1. The van der Waals surface area contributed by atoms with Gasteiger partial charge in [0, 0.05) is 13.2 Å². The topological polar surface area (TPSA) is 84.3 Å². The molecule has 2 N–H and O–H groups in total. The molecule has 1 aliphatic carbocycles. The lowest BCUT2D eigenvalue weighted by molar-refractivity contribution is 0.0697. The molecule has 1 aliphatic rings. The van der Waals surface area contributed by atoms with Gasteiger partial charge in [-0.2, -0.15) is 5.10 Å². The molecule has 92 valence electrons. The Balaban J connectivity index is 1.75. The van der Waals surface area contributed by atoms with Gasteiger partial charge in [0.05, 0.1) is 12.8 Å². The Morgan fingerprint density at radius 2 is 2.41 bits per heavy atom. The average Bonchev–Trinajstić information content (AvgIpc) is 3.13. The molecule has 1 aromatic heterocycles. The van der Waals surface area contributed by atoms with Crippen LogP contribution in [0.4, 0.5) is 5.82 Å². The second-order valence-corrected chi connectivity index (χ2v) is 4.04. The summed E-state index contributed by atoms with van der Waals surface area (Å²) in [5.74, 6) is 0.0115. The predicted octanol–water partition coefficient (Wildman–Crippen LogP) is 1.01. The van der Waals surface area contributed by atoms with E-state index in [4.69, 9.17) is 9.84 Å². The molecule has 0 amide bonds. The fourth-order valence-electron chi connectivity index (χ4n) is 1.41. The molecule has 0 spiro atoms. The minimum atomic E-state index is -1.01.